The molecule has 5 aliphatic rings. The van der Waals surface area contributed by atoms with Crippen molar-refractivity contribution in [3.05, 3.63) is 0 Å². The van der Waals surface area contributed by atoms with E-state index in [0.717, 1.165) is 25.6 Å². The highest BCUT2D eigenvalue weighted by Gasteiger charge is 2.62. The molecule has 2 heteroatoms. The summed E-state index contributed by atoms with van der Waals surface area (Å²) in [5, 5.41) is 0. The van der Waals surface area contributed by atoms with Crippen LogP contribution in [0.5, 0.6) is 0 Å². The second kappa shape index (κ2) is 4.57. The monoisotopic (exact) mass is 289 g/mol. The Morgan fingerprint density at radius 2 is 1.57 bits per heavy atom. The van der Waals surface area contributed by atoms with E-state index in [0.29, 0.717) is 16.6 Å². The van der Waals surface area contributed by atoms with Crippen molar-refractivity contribution in [3.8, 4) is 0 Å². The van der Waals surface area contributed by atoms with E-state index in [4.69, 9.17) is 0 Å². The maximum atomic E-state index is 13.2. The lowest BCUT2D eigenvalue weighted by atomic mass is 9.39. The van der Waals surface area contributed by atoms with Crippen LogP contribution in [0, 0.1) is 22.2 Å². The Bertz CT molecular complexity index is 432. The van der Waals surface area contributed by atoms with Crippen LogP contribution in [0.4, 0.5) is 0 Å². The number of rotatable bonds is 3. The zero-order valence-corrected chi connectivity index (χ0v) is 13.9. The van der Waals surface area contributed by atoms with E-state index in [1.807, 2.05) is 0 Å². The number of nitrogens with zero attached hydrogens (tertiary/aromatic N) is 1. The topological polar surface area (TPSA) is 20.3 Å². The summed E-state index contributed by atoms with van der Waals surface area (Å²) in [4.78, 5) is 15.6. The first-order chi connectivity index (χ1) is 9.91. The predicted octanol–water partition coefficient (Wildman–Crippen LogP) is 4.04. The summed E-state index contributed by atoms with van der Waals surface area (Å²) in [7, 11) is 0. The third-order valence-corrected chi connectivity index (χ3v) is 7.03. The van der Waals surface area contributed by atoms with Crippen molar-refractivity contribution in [3.63, 3.8) is 0 Å². The smallest absolute Gasteiger partial charge is 0.153 e. The van der Waals surface area contributed by atoms with Gasteiger partial charge in [-0.2, -0.15) is 0 Å². The fraction of sp³-hybridized carbons (Fsp3) is 0.947. The van der Waals surface area contributed by atoms with Gasteiger partial charge in [0.05, 0.1) is 6.54 Å². The van der Waals surface area contributed by atoms with Crippen molar-refractivity contribution in [1.82, 2.24) is 4.90 Å². The van der Waals surface area contributed by atoms with E-state index in [1.54, 1.807) is 0 Å². The van der Waals surface area contributed by atoms with Crippen molar-refractivity contribution in [1.29, 1.82) is 0 Å². The van der Waals surface area contributed by atoms with Gasteiger partial charge >= 0.3 is 0 Å². The molecule has 118 valence electrons. The van der Waals surface area contributed by atoms with Crippen LogP contribution >= 0.6 is 0 Å². The highest BCUT2D eigenvalue weighted by atomic mass is 16.1. The Kier molecular flexibility index (Phi) is 3.10. The third-order valence-electron chi connectivity index (χ3n) is 7.03. The van der Waals surface area contributed by atoms with E-state index in [1.165, 1.54) is 57.8 Å². The summed E-state index contributed by atoms with van der Waals surface area (Å²) in [5.74, 6) is 1.44. The molecule has 2 nitrogen and oxygen atoms in total. The molecule has 4 saturated carbocycles. The summed E-state index contributed by atoms with van der Waals surface area (Å²) in [6.07, 6.45) is 11.7. The van der Waals surface area contributed by atoms with Gasteiger partial charge in [-0.1, -0.05) is 20.3 Å². The van der Waals surface area contributed by atoms with Crippen LogP contribution in [0.15, 0.2) is 0 Å². The molecule has 5 fully saturated rings. The summed E-state index contributed by atoms with van der Waals surface area (Å²) in [6.45, 7) is 8.00. The summed E-state index contributed by atoms with van der Waals surface area (Å²) in [6, 6.07) is 0. The maximum absolute atomic E-state index is 13.2. The Labute approximate surface area is 129 Å². The maximum Gasteiger partial charge on any atom is 0.153 e. The molecular weight excluding hydrogens is 258 g/mol. The van der Waals surface area contributed by atoms with Crippen LogP contribution in [0.3, 0.4) is 0 Å². The van der Waals surface area contributed by atoms with Crippen molar-refractivity contribution in [2.24, 2.45) is 22.2 Å². The van der Waals surface area contributed by atoms with Gasteiger partial charge in [-0.3, -0.25) is 9.69 Å². The summed E-state index contributed by atoms with van der Waals surface area (Å²) in [5.41, 5.74) is 0.984. The van der Waals surface area contributed by atoms with Crippen molar-refractivity contribution in [2.75, 3.05) is 19.6 Å². The van der Waals surface area contributed by atoms with Crippen molar-refractivity contribution in [2.45, 2.75) is 71.6 Å². The van der Waals surface area contributed by atoms with Crippen molar-refractivity contribution >= 4 is 5.78 Å². The van der Waals surface area contributed by atoms with Gasteiger partial charge in [0, 0.05) is 5.41 Å². The van der Waals surface area contributed by atoms with Crippen LogP contribution in [-0.2, 0) is 4.79 Å². The second-order valence-corrected chi connectivity index (χ2v) is 9.67. The highest BCUT2D eigenvalue weighted by molar-refractivity contribution is 5.87. The number of hydrogen-bond acceptors (Lipinski definition) is 2. The fourth-order valence-electron chi connectivity index (χ4n) is 7.25. The molecule has 4 aliphatic carbocycles. The van der Waals surface area contributed by atoms with Crippen molar-refractivity contribution < 1.29 is 4.79 Å². The second-order valence-electron chi connectivity index (χ2n) is 9.67. The van der Waals surface area contributed by atoms with Gasteiger partial charge in [-0.15, -0.1) is 0 Å². The molecular formula is C19H31NO. The zero-order valence-electron chi connectivity index (χ0n) is 13.9. The predicted molar refractivity (Wildman–Crippen MR) is 85.1 cm³/mol. The number of piperidine rings is 1. The Morgan fingerprint density at radius 1 is 0.952 bits per heavy atom. The van der Waals surface area contributed by atoms with Gasteiger partial charge in [0.25, 0.3) is 0 Å². The zero-order chi connectivity index (χ0) is 14.7. The molecule has 5 rings (SSSR count). The summed E-state index contributed by atoms with van der Waals surface area (Å²) < 4.78 is 0. The number of carbonyl (C=O) groups excluding carboxylic acids is 1. The van der Waals surface area contributed by atoms with Crippen LogP contribution in [0.2, 0.25) is 0 Å². The average molecular weight is 289 g/mol. The number of ketones is 1. The summed E-state index contributed by atoms with van der Waals surface area (Å²) >= 11 is 0. The van der Waals surface area contributed by atoms with Gasteiger partial charge in [0.2, 0.25) is 0 Å². The molecule has 0 aromatic rings. The minimum absolute atomic E-state index is 0.0559. The first-order valence-electron chi connectivity index (χ1n) is 9.16. The van der Waals surface area contributed by atoms with Crippen LogP contribution < -0.4 is 0 Å². The largest absolute Gasteiger partial charge is 0.298 e. The Balaban J connectivity index is 1.54. The average Bonchev–Trinajstić information content (AvgIpc) is 2.35. The molecule has 0 aromatic heterocycles. The number of carbonyl (C=O) groups is 1. The SMILES string of the molecule is C[C@@]12CC3CC(C(=O)CN4CCCCC4)(C1)C[C@@](C)(C3)C2. The minimum Gasteiger partial charge on any atom is -0.298 e. The third kappa shape index (κ3) is 2.38. The standard InChI is InChI=1S/C19H31NO/c1-17-8-15-9-18(2,12-17)14-19(10-15,13-17)16(21)11-20-6-4-3-5-7-20/h15H,3-14H2,1-2H3/t15?,17-,18-,19?/m0/s1. The van der Waals surface area contributed by atoms with E-state index in [-0.39, 0.29) is 5.41 Å². The first kappa shape index (κ1) is 14.2. The lowest BCUT2D eigenvalue weighted by Crippen LogP contribution is -2.59. The normalized spacial score (nSPS) is 49.5. The van der Waals surface area contributed by atoms with Gasteiger partial charge in [-0.05, 0) is 81.2 Å². The lowest BCUT2D eigenvalue weighted by Gasteiger charge is -2.65. The molecule has 2 atom stereocenters. The molecule has 1 aliphatic heterocycles. The van der Waals surface area contributed by atoms with Gasteiger partial charge in [0.1, 0.15) is 0 Å². The highest BCUT2D eigenvalue weighted by Crippen LogP contribution is 2.69. The molecule has 1 heterocycles. The molecule has 21 heavy (non-hydrogen) atoms. The van der Waals surface area contributed by atoms with Gasteiger partial charge in [-0.25, -0.2) is 0 Å². The van der Waals surface area contributed by atoms with Crippen LogP contribution in [0.1, 0.15) is 71.6 Å². The quantitative estimate of drug-likeness (QED) is 0.781. The molecule has 0 unspecified atom stereocenters. The molecule has 0 radical (unpaired) electrons. The first-order valence-corrected chi connectivity index (χ1v) is 9.16. The van der Waals surface area contributed by atoms with Crippen LogP contribution in [-0.4, -0.2) is 30.3 Å². The molecule has 4 bridgehead atoms. The number of Topliss-reactive ketones (excluding diaryl/α,β-unsaturated/α-hetero) is 1. The van der Waals surface area contributed by atoms with E-state index < -0.39 is 0 Å². The van der Waals surface area contributed by atoms with E-state index in [9.17, 15) is 4.79 Å². The molecule has 0 amide bonds. The molecule has 0 aromatic carbocycles. The fourth-order valence-corrected chi connectivity index (χ4v) is 7.25. The molecule has 0 N–H and O–H groups in total. The number of likely N-dealkylation sites (tertiary alicyclic amines) is 1. The Morgan fingerprint density at radius 3 is 2.14 bits per heavy atom. The number of hydrogen-bond donors (Lipinski definition) is 0. The van der Waals surface area contributed by atoms with Crippen LogP contribution in [0.25, 0.3) is 0 Å². The van der Waals surface area contributed by atoms with Gasteiger partial charge < -0.3 is 0 Å². The lowest BCUT2D eigenvalue weighted by molar-refractivity contribution is -0.169. The minimum atomic E-state index is 0.0559. The Hall–Kier alpha value is -0.370. The molecule has 1 saturated heterocycles. The van der Waals surface area contributed by atoms with E-state index in [2.05, 4.69) is 18.7 Å². The van der Waals surface area contributed by atoms with E-state index >= 15 is 0 Å². The van der Waals surface area contributed by atoms with Gasteiger partial charge in [0.15, 0.2) is 5.78 Å². The molecule has 0 spiro atoms.